The van der Waals surface area contributed by atoms with Gasteiger partial charge in [-0.05, 0) is 62.7 Å². The largest absolute Gasteiger partial charge is 0.377 e. The summed E-state index contributed by atoms with van der Waals surface area (Å²) in [5, 5.41) is 10.9. The summed E-state index contributed by atoms with van der Waals surface area (Å²) in [5.74, 6) is 5.06. The summed E-state index contributed by atoms with van der Waals surface area (Å²) in [4.78, 5) is 11.7. The molecule has 1 N–H and O–H groups in total. The minimum absolute atomic E-state index is 0.106. The molecule has 0 bridgehead atoms. The fourth-order valence-corrected chi connectivity index (χ4v) is 6.30. The quantitative estimate of drug-likeness (QED) is 0.547. The fraction of sp³-hybridized carbons (Fsp3) is 0.750. The molecule has 0 saturated heterocycles. The second-order valence-electron chi connectivity index (χ2n) is 8.26. The lowest BCUT2D eigenvalue weighted by Crippen LogP contribution is -2.50. The van der Waals surface area contributed by atoms with Gasteiger partial charge in [0.1, 0.15) is 11.4 Å². The molecule has 0 heterocycles. The van der Waals surface area contributed by atoms with Crippen LogP contribution in [0.3, 0.4) is 0 Å². The molecule has 0 aliphatic heterocycles. The van der Waals surface area contributed by atoms with Crippen molar-refractivity contribution in [3.63, 3.8) is 0 Å². The maximum atomic E-state index is 11.7. The summed E-state index contributed by atoms with van der Waals surface area (Å²) in [6, 6.07) is 0. The number of Topliss-reactive ketones (excluding diaryl/α,β-unsaturated/α-hetero) is 1. The smallest absolute Gasteiger partial charge is 0.137 e. The van der Waals surface area contributed by atoms with Crippen molar-refractivity contribution >= 4 is 5.78 Å². The molecule has 0 unspecified atom stereocenters. The minimum atomic E-state index is -0.903. The monoisotopic (exact) mass is 298 g/mol. The van der Waals surface area contributed by atoms with E-state index in [4.69, 9.17) is 6.42 Å². The van der Waals surface area contributed by atoms with Crippen LogP contribution in [0.1, 0.15) is 64.7 Å². The molecule has 0 aromatic heterocycles. The molecular weight excluding hydrogens is 272 g/mol. The van der Waals surface area contributed by atoms with E-state index in [1.807, 2.05) is 0 Å². The van der Waals surface area contributed by atoms with Crippen LogP contribution in [0.5, 0.6) is 0 Å². The molecule has 0 radical (unpaired) electrons. The van der Waals surface area contributed by atoms with E-state index >= 15 is 0 Å². The molecule has 5 atom stereocenters. The van der Waals surface area contributed by atoms with E-state index in [1.54, 1.807) is 5.57 Å². The van der Waals surface area contributed by atoms with Gasteiger partial charge in [-0.15, -0.1) is 6.42 Å². The Kier molecular flexibility index (Phi) is 3.11. The predicted molar refractivity (Wildman–Crippen MR) is 85.9 cm³/mol. The molecule has 4 aliphatic carbocycles. The lowest BCUT2D eigenvalue weighted by atomic mass is 9.52. The van der Waals surface area contributed by atoms with Crippen LogP contribution >= 0.6 is 0 Å². The van der Waals surface area contributed by atoms with Gasteiger partial charge in [0.25, 0.3) is 0 Å². The van der Waals surface area contributed by atoms with Crippen LogP contribution in [-0.2, 0) is 4.79 Å². The number of carbonyl (C=O) groups excluding carboxylic acids is 1. The van der Waals surface area contributed by atoms with Crippen LogP contribution in [-0.4, -0.2) is 16.5 Å². The van der Waals surface area contributed by atoms with Gasteiger partial charge in [-0.2, -0.15) is 0 Å². The Balaban J connectivity index is 1.67. The normalized spacial score (nSPS) is 47.5. The van der Waals surface area contributed by atoms with E-state index in [0.717, 1.165) is 51.4 Å². The number of rotatable bonds is 0. The van der Waals surface area contributed by atoms with Crippen LogP contribution < -0.4 is 0 Å². The Morgan fingerprint density at radius 1 is 1.18 bits per heavy atom. The first-order valence-electron chi connectivity index (χ1n) is 8.91. The average molecular weight is 298 g/mol. The van der Waals surface area contributed by atoms with Crippen molar-refractivity contribution in [1.29, 1.82) is 0 Å². The summed E-state index contributed by atoms with van der Waals surface area (Å²) < 4.78 is 0. The van der Waals surface area contributed by atoms with Gasteiger partial charge in [0.05, 0.1) is 0 Å². The lowest BCUT2D eigenvalue weighted by molar-refractivity contribution is -0.119. The van der Waals surface area contributed by atoms with Gasteiger partial charge in [0.15, 0.2) is 0 Å². The SMILES string of the molecule is C#C[C@@]1(O)CC[C@H]2[C@@H]3CCC4=C(CCC(=O)C4)[C@H]3CC[C@@]21C. The number of hydrogen-bond donors (Lipinski definition) is 1. The standard InChI is InChI=1S/C20H26O2/c1-3-20(22)11-9-18-17-6-4-13-12-14(21)5-7-15(13)16(17)8-10-19(18,20)2/h1,16-18,22H,4-12H2,2H3/t16-,17-,18+,19+,20-/m1/s1. The molecule has 0 aromatic carbocycles. The van der Waals surface area contributed by atoms with E-state index in [2.05, 4.69) is 12.8 Å². The topological polar surface area (TPSA) is 37.3 Å². The van der Waals surface area contributed by atoms with Crippen molar-refractivity contribution in [3.8, 4) is 12.3 Å². The van der Waals surface area contributed by atoms with Crippen LogP contribution in [0.15, 0.2) is 11.1 Å². The number of terminal acetylenes is 1. The molecule has 4 rings (SSSR count). The molecule has 22 heavy (non-hydrogen) atoms. The Morgan fingerprint density at radius 2 is 2.00 bits per heavy atom. The summed E-state index contributed by atoms with van der Waals surface area (Å²) >= 11 is 0. The average Bonchev–Trinajstić information content (AvgIpc) is 2.79. The predicted octanol–water partition coefficient (Wildman–Crippen LogP) is 3.64. The van der Waals surface area contributed by atoms with Gasteiger partial charge in [0.2, 0.25) is 0 Å². The molecule has 0 spiro atoms. The third-order valence-electron chi connectivity index (χ3n) is 7.59. The molecule has 2 fully saturated rings. The third kappa shape index (κ3) is 1.75. The fourth-order valence-electron chi connectivity index (χ4n) is 6.30. The van der Waals surface area contributed by atoms with Crippen LogP contribution in [0.2, 0.25) is 0 Å². The molecular formula is C20H26O2. The first-order valence-corrected chi connectivity index (χ1v) is 8.91. The van der Waals surface area contributed by atoms with Crippen molar-refractivity contribution in [2.45, 2.75) is 70.3 Å². The van der Waals surface area contributed by atoms with E-state index in [1.165, 1.54) is 12.0 Å². The summed E-state index contributed by atoms with van der Waals surface area (Å²) in [7, 11) is 0. The molecule has 2 nitrogen and oxygen atoms in total. The number of aliphatic hydroxyl groups is 1. The van der Waals surface area contributed by atoms with Crippen LogP contribution in [0, 0.1) is 35.5 Å². The van der Waals surface area contributed by atoms with Gasteiger partial charge in [-0.25, -0.2) is 0 Å². The highest BCUT2D eigenvalue weighted by Crippen LogP contribution is 2.64. The molecule has 0 aromatic rings. The van der Waals surface area contributed by atoms with E-state index in [9.17, 15) is 9.90 Å². The van der Waals surface area contributed by atoms with Crippen molar-refractivity contribution in [2.24, 2.45) is 23.2 Å². The van der Waals surface area contributed by atoms with Crippen LogP contribution in [0.25, 0.3) is 0 Å². The van der Waals surface area contributed by atoms with Gasteiger partial charge >= 0.3 is 0 Å². The van der Waals surface area contributed by atoms with Crippen molar-refractivity contribution in [2.75, 3.05) is 0 Å². The van der Waals surface area contributed by atoms with Crippen LogP contribution in [0.4, 0.5) is 0 Å². The third-order valence-corrected chi connectivity index (χ3v) is 7.59. The second-order valence-corrected chi connectivity index (χ2v) is 8.26. The summed E-state index contributed by atoms with van der Waals surface area (Å²) in [6.45, 7) is 2.23. The Bertz CT molecular complexity index is 595. The highest BCUT2D eigenvalue weighted by molar-refractivity contribution is 5.82. The highest BCUT2D eigenvalue weighted by atomic mass is 16.3. The van der Waals surface area contributed by atoms with Gasteiger partial charge in [0, 0.05) is 18.3 Å². The molecule has 118 valence electrons. The lowest BCUT2D eigenvalue weighted by Gasteiger charge is -2.53. The van der Waals surface area contributed by atoms with E-state index in [-0.39, 0.29) is 5.41 Å². The zero-order valence-corrected chi connectivity index (χ0v) is 13.5. The first kappa shape index (κ1) is 14.5. The van der Waals surface area contributed by atoms with Crippen molar-refractivity contribution < 1.29 is 9.90 Å². The molecule has 0 amide bonds. The van der Waals surface area contributed by atoms with Gasteiger partial charge < -0.3 is 5.11 Å². The van der Waals surface area contributed by atoms with Crippen molar-refractivity contribution in [3.05, 3.63) is 11.1 Å². The summed E-state index contributed by atoms with van der Waals surface area (Å²) in [6.07, 6.45) is 14.5. The number of carbonyl (C=O) groups is 1. The number of ketones is 1. The van der Waals surface area contributed by atoms with Gasteiger partial charge in [-0.1, -0.05) is 24.0 Å². The Morgan fingerprint density at radius 3 is 2.77 bits per heavy atom. The minimum Gasteiger partial charge on any atom is -0.377 e. The van der Waals surface area contributed by atoms with E-state index in [0.29, 0.717) is 23.5 Å². The molecule has 2 heteroatoms. The first-order chi connectivity index (χ1) is 10.5. The second kappa shape index (κ2) is 4.71. The molecule has 4 aliphatic rings. The number of allylic oxidation sites excluding steroid dienone is 2. The van der Waals surface area contributed by atoms with Gasteiger partial charge in [-0.3, -0.25) is 4.79 Å². The number of hydrogen-bond acceptors (Lipinski definition) is 2. The maximum Gasteiger partial charge on any atom is 0.137 e. The Hall–Kier alpha value is -1.07. The highest BCUT2D eigenvalue weighted by Gasteiger charge is 2.61. The zero-order valence-electron chi connectivity index (χ0n) is 13.5. The summed E-state index contributed by atoms with van der Waals surface area (Å²) in [5.41, 5.74) is 2.08. The van der Waals surface area contributed by atoms with Crippen molar-refractivity contribution in [1.82, 2.24) is 0 Å². The zero-order chi connectivity index (χ0) is 15.5. The number of fused-ring (bicyclic) bond motifs is 4. The molecule has 2 saturated carbocycles. The van der Waals surface area contributed by atoms with E-state index < -0.39 is 5.60 Å². The maximum absolute atomic E-state index is 11.7. The Labute approximate surface area is 133 Å².